The summed E-state index contributed by atoms with van der Waals surface area (Å²) in [5.41, 5.74) is 3.43. The maximum atomic E-state index is 13.8. The molecule has 176 valence electrons. The molecule has 1 fully saturated rings. The molecule has 1 heterocycles. The minimum atomic E-state index is -4.63. The summed E-state index contributed by atoms with van der Waals surface area (Å²) in [5.74, 6) is -3.30. The molecule has 8 nitrogen and oxygen atoms in total. The molecule has 0 saturated carbocycles. The predicted octanol–water partition coefficient (Wildman–Crippen LogP) is 1.60. The minimum Gasteiger partial charge on any atom is -0.338 e. The number of alkyl halides is 3. The molecule has 0 aromatic heterocycles. The minimum absolute atomic E-state index is 0.259. The van der Waals surface area contributed by atoms with Gasteiger partial charge in [0.15, 0.2) is 0 Å². The number of carbonyl (C=O) groups excluding carboxylic acids is 3. The molecule has 2 aromatic carbocycles. The summed E-state index contributed by atoms with van der Waals surface area (Å²) in [4.78, 5) is 36.8. The number of halogens is 4. The van der Waals surface area contributed by atoms with Gasteiger partial charge < -0.3 is 21.7 Å². The zero-order valence-electron chi connectivity index (χ0n) is 16.8. The Balaban J connectivity index is 1.54. The molecule has 3 rings (SSSR count). The van der Waals surface area contributed by atoms with E-state index in [0.717, 1.165) is 30.0 Å². The first kappa shape index (κ1) is 24.5. The molecule has 0 radical (unpaired) electrons. The number of thioether (sulfide) groups is 1. The van der Waals surface area contributed by atoms with Gasteiger partial charge in [-0.3, -0.25) is 19.7 Å². The molecule has 13 heteroatoms. The van der Waals surface area contributed by atoms with Crippen molar-refractivity contribution in [1.82, 2.24) is 16.0 Å². The molecule has 33 heavy (non-hydrogen) atoms. The normalized spacial score (nSPS) is 20.6. The molecule has 0 spiro atoms. The summed E-state index contributed by atoms with van der Waals surface area (Å²) in [7, 11) is 0. The van der Waals surface area contributed by atoms with Gasteiger partial charge in [0, 0.05) is 0 Å². The largest absolute Gasteiger partial charge is 0.418 e. The molecular weight excluding hydrogens is 466 g/mol. The first-order valence-corrected chi connectivity index (χ1v) is 10.6. The number of nitrogens with one attached hydrogen (secondary N) is 4. The van der Waals surface area contributed by atoms with Crippen molar-refractivity contribution in [3.8, 4) is 0 Å². The van der Waals surface area contributed by atoms with Crippen molar-refractivity contribution >= 4 is 35.2 Å². The van der Waals surface area contributed by atoms with Crippen molar-refractivity contribution in [3.63, 3.8) is 0 Å². The number of amides is 3. The second-order valence-electron chi connectivity index (χ2n) is 6.91. The molecule has 2 aromatic rings. The van der Waals surface area contributed by atoms with Crippen LogP contribution in [0.5, 0.6) is 0 Å². The highest BCUT2D eigenvalue weighted by atomic mass is 32.2. The van der Waals surface area contributed by atoms with Crippen LogP contribution in [-0.2, 0) is 15.8 Å². The Bertz CT molecular complexity index is 1050. The third-order valence-electron chi connectivity index (χ3n) is 4.55. The van der Waals surface area contributed by atoms with Crippen LogP contribution in [0.15, 0.2) is 48.5 Å². The van der Waals surface area contributed by atoms with E-state index in [9.17, 15) is 31.9 Å². The molecule has 1 aliphatic heterocycles. The Morgan fingerprint density at radius 3 is 2.42 bits per heavy atom. The molecule has 1 aliphatic rings. The van der Waals surface area contributed by atoms with Gasteiger partial charge in [-0.05, 0) is 24.3 Å². The fraction of sp³-hybridized carbons (Fsp3) is 0.250. The Hall–Kier alpha value is -3.16. The fourth-order valence-electron chi connectivity index (χ4n) is 2.99. The first-order chi connectivity index (χ1) is 15.6. The summed E-state index contributed by atoms with van der Waals surface area (Å²) in [6.07, 6.45) is -5.70. The van der Waals surface area contributed by atoms with E-state index in [0.29, 0.717) is 0 Å². The van der Waals surface area contributed by atoms with Crippen molar-refractivity contribution in [3.05, 3.63) is 65.5 Å². The summed E-state index contributed by atoms with van der Waals surface area (Å²) in [5, 5.41) is 9.78. The zero-order chi connectivity index (χ0) is 24.2. The Morgan fingerprint density at radius 2 is 1.76 bits per heavy atom. The van der Waals surface area contributed by atoms with Crippen LogP contribution in [-0.4, -0.2) is 41.2 Å². The lowest BCUT2D eigenvalue weighted by Gasteiger charge is -2.35. The van der Waals surface area contributed by atoms with E-state index in [4.69, 9.17) is 5.73 Å². The lowest BCUT2D eigenvalue weighted by molar-refractivity contribution is -0.137. The van der Waals surface area contributed by atoms with Gasteiger partial charge in [-0.2, -0.15) is 13.2 Å². The predicted molar refractivity (Wildman–Crippen MR) is 113 cm³/mol. The lowest BCUT2D eigenvalue weighted by Crippen LogP contribution is -2.70. The smallest absolute Gasteiger partial charge is 0.338 e. The second-order valence-corrected chi connectivity index (χ2v) is 8.01. The van der Waals surface area contributed by atoms with Crippen molar-refractivity contribution in [1.29, 1.82) is 0 Å². The van der Waals surface area contributed by atoms with Crippen LogP contribution >= 0.6 is 11.8 Å². The molecule has 1 saturated heterocycles. The standard InChI is InChI=1S/C20H19F4N5O3S/c21-12-7-3-1-5-10(12)17(31)27-15-16(25)28-19(29-18(15)32)33-9-14(30)26-13-8-4-2-6-11(13)20(22,23)24/h1-8,15-16,19,28H,9,25H2,(H,26,30)(H,27,31)(H,29,32). The van der Waals surface area contributed by atoms with E-state index in [2.05, 4.69) is 21.3 Å². The number of hydrogen-bond acceptors (Lipinski definition) is 6. The topological polar surface area (TPSA) is 125 Å². The van der Waals surface area contributed by atoms with Crippen LogP contribution in [0.4, 0.5) is 23.2 Å². The number of hydrogen-bond donors (Lipinski definition) is 5. The van der Waals surface area contributed by atoms with Crippen molar-refractivity contribution in [2.45, 2.75) is 23.9 Å². The number of para-hydroxylation sites is 1. The Kier molecular flexibility index (Phi) is 7.56. The van der Waals surface area contributed by atoms with Crippen LogP contribution in [0.2, 0.25) is 0 Å². The highest BCUT2D eigenvalue weighted by Gasteiger charge is 2.36. The fourth-order valence-corrected chi connectivity index (χ4v) is 3.83. The van der Waals surface area contributed by atoms with E-state index >= 15 is 0 Å². The van der Waals surface area contributed by atoms with Crippen molar-refractivity contribution in [2.24, 2.45) is 5.73 Å². The van der Waals surface area contributed by atoms with Gasteiger partial charge in [-0.15, -0.1) is 11.8 Å². The molecule has 0 aliphatic carbocycles. The number of benzene rings is 2. The summed E-state index contributed by atoms with van der Waals surface area (Å²) < 4.78 is 52.9. The number of nitrogens with two attached hydrogens (primary N) is 1. The quantitative estimate of drug-likeness (QED) is 0.396. The van der Waals surface area contributed by atoms with Gasteiger partial charge >= 0.3 is 6.18 Å². The summed E-state index contributed by atoms with van der Waals surface area (Å²) in [6.45, 7) is 0. The van der Waals surface area contributed by atoms with Crippen LogP contribution in [0.25, 0.3) is 0 Å². The molecule has 3 amide bonds. The van der Waals surface area contributed by atoms with E-state index in [-0.39, 0.29) is 17.0 Å². The Labute approximate surface area is 189 Å². The third-order valence-corrected chi connectivity index (χ3v) is 5.57. The van der Waals surface area contributed by atoms with Crippen LogP contribution in [0.1, 0.15) is 15.9 Å². The summed E-state index contributed by atoms with van der Waals surface area (Å²) >= 11 is 0.876. The number of rotatable bonds is 6. The van der Waals surface area contributed by atoms with Gasteiger partial charge in [0.25, 0.3) is 5.91 Å². The van der Waals surface area contributed by atoms with E-state index < -0.39 is 53.0 Å². The SMILES string of the molecule is NC1NC(SCC(=O)Nc2ccccc2C(F)(F)F)NC(=O)C1NC(=O)c1ccccc1F. The monoisotopic (exact) mass is 485 g/mol. The summed E-state index contributed by atoms with van der Waals surface area (Å²) in [6, 6.07) is 8.53. The third kappa shape index (κ3) is 6.21. The lowest BCUT2D eigenvalue weighted by atomic mass is 10.1. The van der Waals surface area contributed by atoms with E-state index in [1.54, 1.807) is 0 Å². The van der Waals surface area contributed by atoms with Gasteiger partial charge in [-0.1, -0.05) is 24.3 Å². The molecule has 3 unspecified atom stereocenters. The number of carbonyl (C=O) groups is 3. The van der Waals surface area contributed by atoms with E-state index in [1.807, 2.05) is 0 Å². The average Bonchev–Trinajstić information content (AvgIpc) is 2.74. The van der Waals surface area contributed by atoms with Gasteiger partial charge in [0.2, 0.25) is 11.8 Å². The number of anilines is 1. The van der Waals surface area contributed by atoms with Gasteiger partial charge in [-0.25, -0.2) is 4.39 Å². The zero-order valence-corrected chi connectivity index (χ0v) is 17.6. The van der Waals surface area contributed by atoms with Crippen molar-refractivity contribution in [2.75, 3.05) is 11.1 Å². The maximum absolute atomic E-state index is 13.8. The first-order valence-electron chi connectivity index (χ1n) is 9.51. The van der Waals surface area contributed by atoms with Gasteiger partial charge in [0.05, 0.1) is 28.7 Å². The molecule has 0 bridgehead atoms. The molecular formula is C20H19F4N5O3S. The highest BCUT2D eigenvalue weighted by molar-refractivity contribution is 8.00. The molecule has 6 N–H and O–H groups in total. The van der Waals surface area contributed by atoms with Crippen LogP contribution in [0, 0.1) is 5.82 Å². The highest BCUT2D eigenvalue weighted by Crippen LogP contribution is 2.34. The van der Waals surface area contributed by atoms with Gasteiger partial charge in [0.1, 0.15) is 17.4 Å². The average molecular weight is 485 g/mol. The molecule has 3 atom stereocenters. The van der Waals surface area contributed by atoms with Crippen molar-refractivity contribution < 1.29 is 31.9 Å². The second kappa shape index (κ2) is 10.2. The van der Waals surface area contributed by atoms with Crippen LogP contribution < -0.4 is 27.0 Å². The Morgan fingerprint density at radius 1 is 1.09 bits per heavy atom. The van der Waals surface area contributed by atoms with E-state index in [1.165, 1.54) is 30.3 Å². The maximum Gasteiger partial charge on any atom is 0.418 e. The van der Waals surface area contributed by atoms with Crippen LogP contribution in [0.3, 0.4) is 0 Å².